The minimum Gasteiger partial charge on any atom is -0.449 e. The van der Waals surface area contributed by atoms with E-state index in [4.69, 9.17) is 4.74 Å². The van der Waals surface area contributed by atoms with Crippen LogP contribution < -0.4 is 0 Å². The molecule has 1 fully saturated rings. The monoisotopic (exact) mass is 408 g/mol. The smallest absolute Gasteiger partial charge is 0.416 e. The van der Waals surface area contributed by atoms with Gasteiger partial charge in [0.15, 0.2) is 6.10 Å². The van der Waals surface area contributed by atoms with Crippen molar-refractivity contribution in [1.82, 2.24) is 4.90 Å². The normalized spacial score (nSPS) is 17.4. The van der Waals surface area contributed by atoms with Gasteiger partial charge in [-0.15, -0.1) is 0 Å². The largest absolute Gasteiger partial charge is 0.449 e. The number of nitrogens with zero attached hydrogens (tertiary/aromatic N) is 2. The van der Waals surface area contributed by atoms with Crippen LogP contribution in [0.4, 0.5) is 13.2 Å². The molecule has 1 saturated carbocycles. The zero-order chi connectivity index (χ0) is 21.7. The highest BCUT2D eigenvalue weighted by Gasteiger charge is 2.40. The number of hydrogen-bond acceptors (Lipinski definition) is 4. The molecule has 1 aromatic rings. The predicted octanol–water partition coefficient (Wildman–Crippen LogP) is 4.34. The molecule has 1 aromatic carbocycles. The van der Waals surface area contributed by atoms with Gasteiger partial charge in [-0.25, -0.2) is 4.79 Å². The number of likely N-dealkylation sites (N-methyl/N-ethyl adjacent to an activating group) is 1. The Kier molecular flexibility index (Phi) is 7.07. The molecule has 1 atom stereocenters. The van der Waals surface area contributed by atoms with Crippen LogP contribution in [0.15, 0.2) is 30.3 Å². The maximum Gasteiger partial charge on any atom is 0.416 e. The fourth-order valence-corrected chi connectivity index (χ4v) is 3.35. The number of carbonyl (C=O) groups excluding carboxylic acids is 2. The van der Waals surface area contributed by atoms with E-state index in [1.165, 1.54) is 30.0 Å². The Balaban J connectivity index is 1.96. The molecule has 2 rings (SSSR count). The number of hydrogen-bond donors (Lipinski definition) is 0. The fourth-order valence-electron chi connectivity index (χ4n) is 3.35. The third kappa shape index (κ3) is 5.59. The Hall–Kier alpha value is -2.82. The second-order valence-electron chi connectivity index (χ2n) is 7.13. The van der Waals surface area contributed by atoms with Crippen LogP contribution >= 0.6 is 0 Å². The van der Waals surface area contributed by atoms with E-state index in [1.54, 1.807) is 7.05 Å². The highest BCUT2D eigenvalue weighted by Crippen LogP contribution is 2.33. The van der Waals surface area contributed by atoms with Crippen LogP contribution in [0.3, 0.4) is 0 Å². The van der Waals surface area contributed by atoms with Gasteiger partial charge in [0, 0.05) is 13.1 Å². The van der Waals surface area contributed by atoms with E-state index in [2.05, 4.69) is 6.07 Å². The average Bonchev–Trinajstić information content (AvgIpc) is 2.71. The van der Waals surface area contributed by atoms with Crippen molar-refractivity contribution in [2.75, 3.05) is 7.05 Å². The number of nitriles is 1. The summed E-state index contributed by atoms with van der Waals surface area (Å²) in [6.07, 6.45) is 0.739. The lowest BCUT2D eigenvalue weighted by Gasteiger charge is -2.39. The lowest BCUT2D eigenvalue weighted by molar-refractivity contribution is -0.157. The van der Waals surface area contributed by atoms with Crippen molar-refractivity contribution in [2.45, 2.75) is 56.8 Å². The second kappa shape index (κ2) is 9.12. The topological polar surface area (TPSA) is 70.4 Å². The summed E-state index contributed by atoms with van der Waals surface area (Å²) in [5.74, 6) is -1.27. The maximum absolute atomic E-state index is 12.6. The highest BCUT2D eigenvalue weighted by atomic mass is 19.4. The number of ether oxygens (including phenoxy) is 1. The Morgan fingerprint density at radius 2 is 1.79 bits per heavy atom. The van der Waals surface area contributed by atoms with E-state index in [0.717, 1.165) is 37.5 Å². The zero-order valence-corrected chi connectivity index (χ0v) is 16.3. The van der Waals surface area contributed by atoms with Gasteiger partial charge in [0.25, 0.3) is 5.91 Å². The van der Waals surface area contributed by atoms with Crippen molar-refractivity contribution in [1.29, 1.82) is 5.26 Å². The molecular formula is C21H23F3N2O3. The number of esters is 1. The lowest BCUT2D eigenvalue weighted by Crippen LogP contribution is -2.53. The molecule has 1 amide bonds. The molecule has 0 N–H and O–H groups in total. The summed E-state index contributed by atoms with van der Waals surface area (Å²) in [6.45, 7) is 1.43. The Bertz CT molecular complexity index is 804. The lowest BCUT2D eigenvalue weighted by atomic mass is 9.81. The average molecular weight is 408 g/mol. The van der Waals surface area contributed by atoms with Crippen LogP contribution in [-0.2, 0) is 20.5 Å². The standard InChI is InChI=1S/C21H23F3N2O3/c1-15(19(28)26(2)20(14-25)12-4-3-5-13-20)29-18(27)11-8-16-6-9-17(10-7-16)21(22,23)24/h6-11,15H,3-5,12-13H2,1-2H3/b11-8+/t15-/m0/s1. The molecule has 0 spiro atoms. The molecule has 0 radical (unpaired) electrons. The summed E-state index contributed by atoms with van der Waals surface area (Å²) in [5, 5.41) is 9.57. The van der Waals surface area contributed by atoms with Crippen LogP contribution in [0, 0.1) is 11.3 Å². The molecular weight excluding hydrogens is 385 g/mol. The number of rotatable bonds is 5. The summed E-state index contributed by atoms with van der Waals surface area (Å²) in [5.41, 5.74) is -1.28. The molecule has 0 saturated heterocycles. The van der Waals surface area contributed by atoms with Gasteiger partial charge in [0.2, 0.25) is 0 Å². The van der Waals surface area contributed by atoms with Gasteiger partial charge in [0.1, 0.15) is 5.54 Å². The van der Waals surface area contributed by atoms with E-state index in [9.17, 15) is 28.0 Å². The van der Waals surface area contributed by atoms with Crippen LogP contribution in [0.1, 0.15) is 50.2 Å². The molecule has 0 unspecified atom stereocenters. The van der Waals surface area contributed by atoms with Crippen molar-refractivity contribution in [3.05, 3.63) is 41.5 Å². The number of halogens is 3. The minimum absolute atomic E-state index is 0.386. The number of benzene rings is 1. The molecule has 0 aliphatic heterocycles. The summed E-state index contributed by atoms with van der Waals surface area (Å²) in [7, 11) is 1.54. The Morgan fingerprint density at radius 3 is 2.31 bits per heavy atom. The maximum atomic E-state index is 12.6. The number of carbonyl (C=O) groups is 2. The van der Waals surface area contributed by atoms with Crippen LogP contribution in [0.2, 0.25) is 0 Å². The van der Waals surface area contributed by atoms with Gasteiger partial charge in [-0.1, -0.05) is 31.4 Å². The summed E-state index contributed by atoms with van der Waals surface area (Å²) < 4.78 is 42.8. The van der Waals surface area contributed by atoms with E-state index >= 15 is 0 Å². The van der Waals surface area contributed by atoms with Crippen molar-refractivity contribution >= 4 is 18.0 Å². The SMILES string of the molecule is C[C@H](OC(=O)/C=C/c1ccc(C(F)(F)F)cc1)C(=O)N(C)C1(C#N)CCCCC1. The zero-order valence-electron chi connectivity index (χ0n) is 16.3. The van der Waals surface area contributed by atoms with Gasteiger partial charge in [-0.3, -0.25) is 4.79 Å². The molecule has 0 heterocycles. The summed E-state index contributed by atoms with van der Waals surface area (Å²) in [6, 6.07) is 6.53. The third-order valence-electron chi connectivity index (χ3n) is 5.15. The molecule has 1 aliphatic carbocycles. The molecule has 156 valence electrons. The quantitative estimate of drug-likeness (QED) is 0.537. The number of alkyl halides is 3. The highest BCUT2D eigenvalue weighted by molar-refractivity contribution is 5.90. The second-order valence-corrected chi connectivity index (χ2v) is 7.13. The van der Waals surface area contributed by atoms with Crippen LogP contribution in [-0.4, -0.2) is 35.5 Å². The van der Waals surface area contributed by atoms with Gasteiger partial charge >= 0.3 is 12.1 Å². The van der Waals surface area contributed by atoms with Crippen molar-refractivity contribution in [3.8, 4) is 6.07 Å². The summed E-state index contributed by atoms with van der Waals surface area (Å²) >= 11 is 0. The van der Waals surface area contributed by atoms with E-state index in [-0.39, 0.29) is 0 Å². The molecule has 8 heteroatoms. The first-order chi connectivity index (χ1) is 13.6. The van der Waals surface area contributed by atoms with E-state index < -0.39 is 35.3 Å². The fraction of sp³-hybridized carbons (Fsp3) is 0.476. The van der Waals surface area contributed by atoms with Crippen LogP contribution in [0.5, 0.6) is 0 Å². The van der Waals surface area contributed by atoms with Gasteiger partial charge in [-0.2, -0.15) is 18.4 Å². The first kappa shape index (κ1) is 22.5. The van der Waals surface area contributed by atoms with Gasteiger partial charge in [0.05, 0.1) is 11.6 Å². The first-order valence-corrected chi connectivity index (χ1v) is 9.34. The third-order valence-corrected chi connectivity index (χ3v) is 5.15. The van der Waals surface area contributed by atoms with Crippen molar-refractivity contribution < 1.29 is 27.5 Å². The van der Waals surface area contributed by atoms with Gasteiger partial charge in [-0.05, 0) is 43.5 Å². The van der Waals surface area contributed by atoms with Gasteiger partial charge < -0.3 is 9.64 Å². The van der Waals surface area contributed by atoms with E-state index in [0.29, 0.717) is 18.4 Å². The Labute approximate surface area is 167 Å². The van der Waals surface area contributed by atoms with E-state index in [1.807, 2.05) is 0 Å². The summed E-state index contributed by atoms with van der Waals surface area (Å²) in [4.78, 5) is 26.0. The molecule has 1 aliphatic rings. The molecule has 5 nitrogen and oxygen atoms in total. The molecule has 0 aromatic heterocycles. The van der Waals surface area contributed by atoms with Crippen LogP contribution in [0.25, 0.3) is 6.08 Å². The molecule has 29 heavy (non-hydrogen) atoms. The minimum atomic E-state index is -4.43. The predicted molar refractivity (Wildman–Crippen MR) is 100 cm³/mol. The first-order valence-electron chi connectivity index (χ1n) is 9.34. The van der Waals surface area contributed by atoms with Crippen molar-refractivity contribution in [2.24, 2.45) is 0 Å². The number of amides is 1. The molecule has 0 bridgehead atoms. The van der Waals surface area contributed by atoms with Crippen molar-refractivity contribution in [3.63, 3.8) is 0 Å². The Morgan fingerprint density at radius 1 is 1.21 bits per heavy atom.